The Morgan fingerprint density at radius 3 is 2.47 bits per heavy atom. The minimum absolute atomic E-state index is 0.145. The molecule has 0 unspecified atom stereocenters. The van der Waals surface area contributed by atoms with Crippen LogP contribution in [-0.4, -0.2) is 13.4 Å². The maximum atomic E-state index is 12.0. The second-order valence-electron chi connectivity index (χ2n) is 3.31. The summed E-state index contributed by atoms with van der Waals surface area (Å²) in [6, 6.07) is 8.67. The van der Waals surface area contributed by atoms with Gasteiger partial charge in [-0.2, -0.15) is 0 Å². The Morgan fingerprint density at radius 2 is 1.94 bits per heavy atom. The number of aryl methyl sites for hydroxylation is 1. The molecule has 0 bridgehead atoms. The lowest BCUT2D eigenvalue weighted by Gasteiger charge is -2.05. The Hall–Kier alpha value is -1.11. The number of nitrogens with zero attached hydrogens (tertiary/aromatic N) is 1. The van der Waals surface area contributed by atoms with Crippen LogP contribution in [0.5, 0.6) is 0 Å². The van der Waals surface area contributed by atoms with Gasteiger partial charge in [0.25, 0.3) is 10.0 Å². The van der Waals surface area contributed by atoms with Crippen molar-refractivity contribution in [2.45, 2.75) is 11.1 Å². The van der Waals surface area contributed by atoms with Crippen molar-refractivity contribution in [1.29, 1.82) is 0 Å². The predicted octanol–water partition coefficient (Wildman–Crippen LogP) is 2.91. The maximum Gasteiger partial charge on any atom is 0.273 e. The molecule has 0 fully saturated rings. The van der Waals surface area contributed by atoms with Crippen molar-refractivity contribution in [3.63, 3.8) is 0 Å². The van der Waals surface area contributed by atoms with Crippen molar-refractivity contribution < 1.29 is 8.42 Å². The fourth-order valence-electron chi connectivity index (χ4n) is 1.31. The van der Waals surface area contributed by atoms with E-state index in [4.69, 9.17) is 11.6 Å². The molecular weight excluding hydrogens is 280 g/mol. The van der Waals surface area contributed by atoms with Gasteiger partial charge in [0, 0.05) is 5.69 Å². The summed E-state index contributed by atoms with van der Waals surface area (Å²) in [4.78, 5) is 3.88. The number of aromatic nitrogens is 1. The molecular formula is C10H9ClN2O2S2. The van der Waals surface area contributed by atoms with Crippen LogP contribution in [0.15, 0.2) is 34.5 Å². The summed E-state index contributed by atoms with van der Waals surface area (Å²) < 4.78 is 26.9. The number of anilines is 1. The van der Waals surface area contributed by atoms with Crippen LogP contribution in [0.2, 0.25) is 4.47 Å². The molecule has 2 rings (SSSR count). The number of hydrogen-bond donors (Lipinski definition) is 1. The van der Waals surface area contributed by atoms with E-state index in [0.29, 0.717) is 11.4 Å². The SMILES string of the molecule is Cc1nc(Cl)sc1S(=O)(=O)Nc1ccccc1. The van der Waals surface area contributed by atoms with E-state index in [1.54, 1.807) is 31.2 Å². The number of sulfonamides is 1. The monoisotopic (exact) mass is 288 g/mol. The fourth-order valence-corrected chi connectivity index (χ4v) is 4.11. The minimum Gasteiger partial charge on any atom is -0.279 e. The first-order valence-electron chi connectivity index (χ1n) is 4.70. The number of rotatable bonds is 3. The summed E-state index contributed by atoms with van der Waals surface area (Å²) in [5, 5.41) is 0. The summed E-state index contributed by atoms with van der Waals surface area (Å²) in [5.74, 6) is 0. The molecule has 0 atom stereocenters. The van der Waals surface area contributed by atoms with Crippen molar-refractivity contribution in [2.75, 3.05) is 4.72 Å². The first-order valence-corrected chi connectivity index (χ1v) is 7.37. The zero-order valence-corrected chi connectivity index (χ0v) is 11.2. The lowest BCUT2D eigenvalue weighted by molar-refractivity contribution is 0.602. The van der Waals surface area contributed by atoms with Crippen molar-refractivity contribution >= 4 is 38.6 Å². The molecule has 1 aromatic heterocycles. The van der Waals surface area contributed by atoms with Gasteiger partial charge in [-0.3, -0.25) is 4.72 Å². The average Bonchev–Trinajstić information content (AvgIpc) is 2.59. The van der Waals surface area contributed by atoms with Crippen LogP contribution in [0.1, 0.15) is 5.69 Å². The molecule has 0 radical (unpaired) electrons. The molecule has 7 heteroatoms. The number of nitrogens with one attached hydrogen (secondary N) is 1. The van der Waals surface area contributed by atoms with Crippen LogP contribution in [0.4, 0.5) is 5.69 Å². The van der Waals surface area contributed by atoms with Crippen LogP contribution >= 0.6 is 22.9 Å². The largest absolute Gasteiger partial charge is 0.279 e. The Balaban J connectivity index is 2.35. The highest BCUT2D eigenvalue weighted by molar-refractivity contribution is 7.94. The van der Waals surface area contributed by atoms with E-state index < -0.39 is 10.0 Å². The number of hydrogen-bond acceptors (Lipinski definition) is 4. The van der Waals surface area contributed by atoms with Crippen LogP contribution in [0.3, 0.4) is 0 Å². The van der Waals surface area contributed by atoms with Crippen molar-refractivity contribution in [1.82, 2.24) is 4.98 Å². The topological polar surface area (TPSA) is 59.1 Å². The zero-order valence-electron chi connectivity index (χ0n) is 8.84. The Labute approximate surface area is 108 Å². The van der Waals surface area contributed by atoms with Gasteiger partial charge in [0.05, 0.1) is 5.69 Å². The van der Waals surface area contributed by atoms with Crippen molar-refractivity contribution in [3.05, 3.63) is 40.5 Å². The van der Waals surface area contributed by atoms with E-state index in [0.717, 1.165) is 11.3 Å². The predicted molar refractivity (Wildman–Crippen MR) is 69.1 cm³/mol. The van der Waals surface area contributed by atoms with Crippen LogP contribution in [0, 0.1) is 6.92 Å². The lowest BCUT2D eigenvalue weighted by Crippen LogP contribution is -2.12. The Kier molecular flexibility index (Phi) is 3.37. The maximum absolute atomic E-state index is 12.0. The summed E-state index contributed by atoms with van der Waals surface area (Å²) >= 11 is 6.63. The molecule has 0 aliphatic heterocycles. The van der Waals surface area contributed by atoms with Gasteiger partial charge in [0.1, 0.15) is 0 Å². The highest BCUT2D eigenvalue weighted by Crippen LogP contribution is 2.28. The first kappa shape index (κ1) is 12.3. The first-order chi connectivity index (χ1) is 7.99. The Morgan fingerprint density at radius 1 is 1.29 bits per heavy atom. The average molecular weight is 289 g/mol. The number of benzene rings is 1. The van der Waals surface area contributed by atoms with E-state index in [1.807, 2.05) is 6.07 Å². The molecule has 1 heterocycles. The van der Waals surface area contributed by atoms with E-state index in [2.05, 4.69) is 9.71 Å². The summed E-state index contributed by atoms with van der Waals surface area (Å²) in [7, 11) is -3.60. The van der Waals surface area contributed by atoms with E-state index >= 15 is 0 Å². The molecule has 1 aromatic carbocycles. The zero-order chi connectivity index (χ0) is 12.5. The lowest BCUT2D eigenvalue weighted by atomic mass is 10.3. The second kappa shape index (κ2) is 4.64. The third-order valence-electron chi connectivity index (χ3n) is 2.00. The van der Waals surface area contributed by atoms with E-state index in [-0.39, 0.29) is 8.68 Å². The Bertz CT molecular complexity index is 623. The highest BCUT2D eigenvalue weighted by Gasteiger charge is 2.21. The summed E-state index contributed by atoms with van der Waals surface area (Å²) in [5.41, 5.74) is 0.917. The molecule has 1 N–H and O–H groups in total. The number of para-hydroxylation sites is 1. The smallest absolute Gasteiger partial charge is 0.273 e. The molecule has 4 nitrogen and oxygen atoms in total. The summed E-state index contributed by atoms with van der Waals surface area (Å²) in [6.07, 6.45) is 0. The van der Waals surface area contributed by atoms with E-state index in [1.165, 1.54) is 0 Å². The van der Waals surface area contributed by atoms with Gasteiger partial charge < -0.3 is 0 Å². The van der Waals surface area contributed by atoms with Crippen molar-refractivity contribution in [2.24, 2.45) is 0 Å². The standard InChI is InChI=1S/C10H9ClN2O2S2/c1-7-9(16-10(11)12-7)17(14,15)13-8-5-3-2-4-6-8/h2-6,13H,1H3. The fraction of sp³-hybridized carbons (Fsp3) is 0.100. The molecule has 17 heavy (non-hydrogen) atoms. The third-order valence-corrected chi connectivity index (χ3v) is 5.25. The van der Waals surface area contributed by atoms with Crippen LogP contribution in [0.25, 0.3) is 0 Å². The molecule has 0 saturated carbocycles. The molecule has 0 spiro atoms. The molecule has 90 valence electrons. The van der Waals surface area contributed by atoms with Gasteiger partial charge in [0.15, 0.2) is 8.68 Å². The number of halogens is 1. The summed E-state index contributed by atoms with van der Waals surface area (Å²) in [6.45, 7) is 1.61. The van der Waals surface area contributed by atoms with Gasteiger partial charge in [-0.1, -0.05) is 41.1 Å². The minimum atomic E-state index is -3.60. The third kappa shape index (κ3) is 2.77. The van der Waals surface area contributed by atoms with E-state index in [9.17, 15) is 8.42 Å². The van der Waals surface area contributed by atoms with Crippen molar-refractivity contribution in [3.8, 4) is 0 Å². The van der Waals surface area contributed by atoms with Gasteiger partial charge in [0.2, 0.25) is 0 Å². The van der Waals surface area contributed by atoms with Crippen LogP contribution < -0.4 is 4.72 Å². The van der Waals surface area contributed by atoms with Gasteiger partial charge in [-0.15, -0.1) is 0 Å². The molecule has 0 saturated heterocycles. The van der Waals surface area contributed by atoms with Crippen LogP contribution in [-0.2, 0) is 10.0 Å². The number of thiazole rings is 1. The normalized spacial score (nSPS) is 11.4. The second-order valence-corrected chi connectivity index (χ2v) is 6.77. The molecule has 0 aliphatic carbocycles. The molecule has 0 aliphatic rings. The quantitative estimate of drug-likeness (QED) is 0.945. The van der Waals surface area contributed by atoms with Gasteiger partial charge in [-0.25, -0.2) is 13.4 Å². The molecule has 2 aromatic rings. The van der Waals surface area contributed by atoms with Gasteiger partial charge >= 0.3 is 0 Å². The highest BCUT2D eigenvalue weighted by atomic mass is 35.5. The molecule has 0 amide bonds. The van der Waals surface area contributed by atoms with Gasteiger partial charge in [-0.05, 0) is 19.1 Å².